The van der Waals surface area contributed by atoms with E-state index >= 15 is 0 Å². The van der Waals surface area contributed by atoms with E-state index in [4.69, 9.17) is 19.0 Å². The standard InChI is InChI=1S/C13H16N4O14P2/c18-7-1-3-16(12(22)14-7)11-10(21)9(20)6(29-11)5-28-33(27,31-32(24,25)26)30-17-4-2-8(19)15-13(17)23/h1-4,6,9-11,20-21H,5H2,(H,14,18,22)(H,15,19,23)(H2,24,25,26)/t6-,9-,10-,11-,33?/m1/s1. The second-order valence-electron chi connectivity index (χ2n) is 6.40. The number of hydrogen-bond donors (Lipinski definition) is 6. The van der Waals surface area contributed by atoms with Crippen LogP contribution in [0.1, 0.15) is 6.23 Å². The molecule has 3 rings (SSSR count). The lowest BCUT2D eigenvalue weighted by Crippen LogP contribution is -2.37. The Morgan fingerprint density at radius 1 is 0.970 bits per heavy atom. The quantitative estimate of drug-likeness (QED) is 0.186. The van der Waals surface area contributed by atoms with E-state index in [-0.39, 0.29) is 4.73 Å². The molecule has 0 aliphatic carbocycles. The van der Waals surface area contributed by atoms with Gasteiger partial charge < -0.3 is 29.4 Å². The zero-order chi connectivity index (χ0) is 24.6. The maximum absolute atomic E-state index is 12.7. The van der Waals surface area contributed by atoms with Crippen molar-refractivity contribution in [1.29, 1.82) is 0 Å². The number of nitrogens with zero attached hydrogens (tertiary/aromatic N) is 2. The zero-order valence-electron chi connectivity index (χ0n) is 16.0. The summed E-state index contributed by atoms with van der Waals surface area (Å²) in [5.41, 5.74) is -3.90. The molecule has 0 spiro atoms. The summed E-state index contributed by atoms with van der Waals surface area (Å²) >= 11 is 0. The normalized spacial score (nSPS) is 25.0. The molecule has 0 saturated carbocycles. The highest BCUT2D eigenvalue weighted by molar-refractivity contribution is 7.61. The van der Waals surface area contributed by atoms with Gasteiger partial charge >= 0.3 is 27.0 Å². The van der Waals surface area contributed by atoms with Crippen molar-refractivity contribution in [3.05, 3.63) is 66.2 Å². The Bertz CT molecular complexity index is 1340. The number of rotatable bonds is 8. The van der Waals surface area contributed by atoms with Crippen molar-refractivity contribution >= 4 is 15.6 Å². The smallest absolute Gasteiger partial charge is 0.387 e. The van der Waals surface area contributed by atoms with E-state index in [2.05, 4.69) is 8.94 Å². The maximum Gasteiger partial charge on any atom is 0.558 e. The molecular weight excluding hydrogens is 498 g/mol. The van der Waals surface area contributed by atoms with Crippen molar-refractivity contribution < 1.29 is 47.3 Å². The fourth-order valence-electron chi connectivity index (χ4n) is 2.66. The summed E-state index contributed by atoms with van der Waals surface area (Å²) in [5, 5.41) is 20.3. The van der Waals surface area contributed by atoms with Gasteiger partial charge in [0.25, 0.3) is 11.1 Å². The topological polar surface area (TPSA) is 262 Å². The lowest BCUT2D eigenvalue weighted by Gasteiger charge is -2.21. The summed E-state index contributed by atoms with van der Waals surface area (Å²) in [6.07, 6.45) is -5.02. The Balaban J connectivity index is 1.81. The lowest BCUT2D eigenvalue weighted by molar-refractivity contribution is -0.0554. The van der Waals surface area contributed by atoms with Gasteiger partial charge in [-0.1, -0.05) is 0 Å². The summed E-state index contributed by atoms with van der Waals surface area (Å²) in [4.78, 5) is 67.5. The molecule has 18 nitrogen and oxygen atoms in total. The first-order chi connectivity index (χ1) is 15.3. The van der Waals surface area contributed by atoms with Crippen LogP contribution in [0.5, 0.6) is 0 Å². The van der Waals surface area contributed by atoms with Gasteiger partial charge in [0, 0.05) is 18.3 Å². The fourth-order valence-corrected chi connectivity index (χ4v) is 4.73. The van der Waals surface area contributed by atoms with E-state index in [0.717, 1.165) is 22.9 Å². The first kappa shape index (κ1) is 25.0. The van der Waals surface area contributed by atoms with Crippen LogP contribution in [0.15, 0.2) is 43.7 Å². The van der Waals surface area contributed by atoms with E-state index in [9.17, 15) is 38.5 Å². The van der Waals surface area contributed by atoms with Crippen LogP contribution in [0.4, 0.5) is 0 Å². The lowest BCUT2D eigenvalue weighted by atomic mass is 10.1. The number of ether oxygens (including phenoxy) is 1. The van der Waals surface area contributed by atoms with Crippen LogP contribution in [-0.2, 0) is 22.7 Å². The van der Waals surface area contributed by atoms with Crippen LogP contribution in [0.2, 0.25) is 0 Å². The minimum atomic E-state index is -5.54. The molecule has 0 amide bonds. The van der Waals surface area contributed by atoms with Crippen LogP contribution in [-0.4, -0.2) is 64.2 Å². The molecule has 20 heteroatoms. The Morgan fingerprint density at radius 3 is 2.15 bits per heavy atom. The molecule has 1 aliphatic heterocycles. The molecule has 182 valence electrons. The average Bonchev–Trinajstić information content (AvgIpc) is 2.96. The van der Waals surface area contributed by atoms with Gasteiger partial charge in [-0.2, -0.15) is 4.31 Å². The molecule has 1 unspecified atom stereocenters. The summed E-state index contributed by atoms with van der Waals surface area (Å²) in [7, 11) is -10.9. The summed E-state index contributed by atoms with van der Waals surface area (Å²) in [6.45, 7) is -0.998. The molecule has 0 radical (unpaired) electrons. The average molecular weight is 514 g/mol. The molecule has 6 N–H and O–H groups in total. The number of nitrogens with one attached hydrogen (secondary N) is 2. The van der Waals surface area contributed by atoms with E-state index < -0.39 is 69.3 Å². The van der Waals surface area contributed by atoms with Crippen LogP contribution in [0.3, 0.4) is 0 Å². The van der Waals surface area contributed by atoms with Gasteiger partial charge in [0.05, 0.1) is 12.8 Å². The predicted molar refractivity (Wildman–Crippen MR) is 102 cm³/mol. The minimum absolute atomic E-state index is 0.0985. The molecule has 33 heavy (non-hydrogen) atoms. The molecular formula is C13H16N4O14P2. The number of phosphoric acid groups is 2. The molecule has 2 aromatic rings. The third kappa shape index (κ3) is 6.02. The Hall–Kier alpha value is -2.66. The van der Waals surface area contributed by atoms with Crippen molar-refractivity contribution in [2.45, 2.75) is 24.5 Å². The van der Waals surface area contributed by atoms with E-state index in [0.29, 0.717) is 6.20 Å². The first-order valence-corrected chi connectivity index (χ1v) is 11.6. The number of aromatic amines is 2. The maximum atomic E-state index is 12.7. The summed E-state index contributed by atoms with van der Waals surface area (Å²) in [5.74, 6) is 0. The van der Waals surface area contributed by atoms with Gasteiger partial charge in [0.1, 0.15) is 18.3 Å². The number of aliphatic hydroxyl groups excluding tert-OH is 2. The van der Waals surface area contributed by atoms with Crippen LogP contribution in [0, 0.1) is 0 Å². The molecule has 3 heterocycles. The van der Waals surface area contributed by atoms with E-state index in [1.807, 2.05) is 4.98 Å². The van der Waals surface area contributed by atoms with Crippen molar-refractivity contribution in [3.8, 4) is 0 Å². The molecule has 2 aromatic heterocycles. The van der Waals surface area contributed by atoms with Crippen LogP contribution >= 0.6 is 15.6 Å². The third-order valence-electron chi connectivity index (χ3n) is 4.05. The molecule has 1 saturated heterocycles. The largest absolute Gasteiger partial charge is 0.558 e. The van der Waals surface area contributed by atoms with Crippen molar-refractivity contribution in [2.75, 3.05) is 6.61 Å². The monoisotopic (exact) mass is 514 g/mol. The molecule has 5 atom stereocenters. The Morgan fingerprint density at radius 2 is 1.58 bits per heavy atom. The number of H-pyrrole nitrogens is 2. The van der Waals surface area contributed by atoms with E-state index in [1.165, 1.54) is 0 Å². The highest BCUT2D eigenvalue weighted by atomic mass is 31.3. The zero-order valence-corrected chi connectivity index (χ0v) is 17.8. The molecule has 1 fully saturated rings. The summed E-state index contributed by atoms with van der Waals surface area (Å²) in [6, 6.07) is 1.68. The van der Waals surface area contributed by atoms with Gasteiger partial charge in [0.15, 0.2) is 6.23 Å². The number of hydrogen-bond acceptors (Lipinski definition) is 12. The van der Waals surface area contributed by atoms with Gasteiger partial charge in [-0.3, -0.25) is 28.6 Å². The van der Waals surface area contributed by atoms with Gasteiger partial charge in [-0.15, -0.1) is 4.73 Å². The second-order valence-corrected chi connectivity index (χ2v) is 9.35. The van der Waals surface area contributed by atoms with Crippen LogP contribution < -0.4 is 27.1 Å². The van der Waals surface area contributed by atoms with Crippen molar-refractivity contribution in [3.63, 3.8) is 0 Å². The van der Waals surface area contributed by atoms with Gasteiger partial charge in [0.2, 0.25) is 0 Å². The predicted octanol–water partition coefficient (Wildman–Crippen LogP) is -3.63. The van der Waals surface area contributed by atoms with Crippen LogP contribution in [0.25, 0.3) is 0 Å². The first-order valence-electron chi connectivity index (χ1n) is 8.65. The summed E-state index contributed by atoms with van der Waals surface area (Å²) < 4.78 is 43.4. The minimum Gasteiger partial charge on any atom is -0.387 e. The van der Waals surface area contributed by atoms with Crippen molar-refractivity contribution in [2.24, 2.45) is 0 Å². The van der Waals surface area contributed by atoms with Gasteiger partial charge in [-0.25, -0.2) is 18.7 Å². The fraction of sp³-hybridized carbons (Fsp3) is 0.385. The number of aromatic nitrogens is 4. The van der Waals surface area contributed by atoms with Gasteiger partial charge in [-0.05, 0) is 0 Å². The SMILES string of the molecule is O=c1ccn(OP(=O)(OC[C@H]2O[C@@H](n3ccc(=O)[nH]c3=O)[C@H](O)[C@@H]2O)OP(=O)(O)O)c(=O)[nH]1. The highest BCUT2D eigenvalue weighted by Gasteiger charge is 2.47. The highest BCUT2D eigenvalue weighted by Crippen LogP contribution is 2.59. The van der Waals surface area contributed by atoms with Crippen molar-refractivity contribution in [1.82, 2.24) is 19.3 Å². The molecule has 1 aliphatic rings. The molecule has 0 bridgehead atoms. The number of aliphatic hydroxyl groups is 2. The Kier molecular flexibility index (Phi) is 7.04. The molecule has 0 aromatic carbocycles. The van der Waals surface area contributed by atoms with E-state index in [1.54, 1.807) is 4.98 Å². The Labute approximate surface area is 180 Å². The third-order valence-corrected chi connectivity index (χ3v) is 6.54. The second kappa shape index (κ2) is 9.30.